The molecule has 1 aromatic rings. The first-order valence-electron chi connectivity index (χ1n) is 5.50. The molecule has 1 heterocycles. The molecule has 1 fully saturated rings. The Balaban J connectivity index is 1.99. The molecule has 5 heteroatoms. The summed E-state index contributed by atoms with van der Waals surface area (Å²) in [6.45, 7) is 1.38. The Labute approximate surface area is 123 Å². The molecule has 1 saturated heterocycles. The molecule has 0 radical (unpaired) electrons. The van der Waals surface area contributed by atoms with Crippen LogP contribution in [0.15, 0.2) is 22.7 Å². The van der Waals surface area contributed by atoms with Gasteiger partial charge in [0.2, 0.25) is 5.91 Å². The lowest BCUT2D eigenvalue weighted by Crippen LogP contribution is -2.28. The van der Waals surface area contributed by atoms with Crippen LogP contribution in [0.1, 0.15) is 12.8 Å². The Hall–Kier alpha value is -0.140. The average Bonchev–Trinajstić information content (AvgIpc) is 2.35. The van der Waals surface area contributed by atoms with Crippen LogP contribution in [0.2, 0.25) is 0 Å². The van der Waals surface area contributed by atoms with E-state index in [4.69, 9.17) is 4.74 Å². The molecule has 1 aliphatic heterocycles. The standard InChI is InChI=1S/C12H13BrINO2/c13-10-7-9(1-2-11(10)14)15-12(16)8-3-5-17-6-4-8/h1-2,7-8H,3-6H2,(H,15,16). The molecular weight excluding hydrogens is 397 g/mol. The second-order valence-corrected chi connectivity index (χ2v) is 6.02. The largest absolute Gasteiger partial charge is 0.381 e. The molecule has 2 rings (SSSR count). The van der Waals surface area contributed by atoms with Gasteiger partial charge in [-0.2, -0.15) is 0 Å². The molecule has 0 aromatic heterocycles. The number of amides is 1. The van der Waals surface area contributed by atoms with Crippen LogP contribution in [0.4, 0.5) is 5.69 Å². The van der Waals surface area contributed by atoms with Crippen LogP contribution in [-0.2, 0) is 9.53 Å². The van der Waals surface area contributed by atoms with E-state index in [-0.39, 0.29) is 11.8 Å². The van der Waals surface area contributed by atoms with Gasteiger partial charge in [-0.15, -0.1) is 0 Å². The van der Waals surface area contributed by atoms with Gasteiger partial charge in [-0.3, -0.25) is 4.79 Å². The fourth-order valence-corrected chi connectivity index (χ4v) is 2.49. The average molecular weight is 410 g/mol. The lowest BCUT2D eigenvalue weighted by atomic mass is 9.99. The highest BCUT2D eigenvalue weighted by molar-refractivity contribution is 14.1. The van der Waals surface area contributed by atoms with E-state index in [0.29, 0.717) is 13.2 Å². The van der Waals surface area contributed by atoms with Crippen molar-refractivity contribution in [1.29, 1.82) is 0 Å². The smallest absolute Gasteiger partial charge is 0.227 e. The fourth-order valence-electron chi connectivity index (χ4n) is 1.78. The number of anilines is 1. The molecular formula is C12H13BrINO2. The van der Waals surface area contributed by atoms with Gasteiger partial charge in [0.1, 0.15) is 0 Å². The van der Waals surface area contributed by atoms with Crippen LogP contribution < -0.4 is 5.32 Å². The van der Waals surface area contributed by atoms with Crippen molar-refractivity contribution < 1.29 is 9.53 Å². The first-order chi connectivity index (χ1) is 8.16. The fraction of sp³-hybridized carbons (Fsp3) is 0.417. The molecule has 0 saturated carbocycles. The monoisotopic (exact) mass is 409 g/mol. The summed E-state index contributed by atoms with van der Waals surface area (Å²) >= 11 is 5.70. The minimum absolute atomic E-state index is 0.0850. The Morgan fingerprint density at radius 1 is 1.41 bits per heavy atom. The third kappa shape index (κ3) is 3.66. The number of rotatable bonds is 2. The summed E-state index contributed by atoms with van der Waals surface area (Å²) in [7, 11) is 0. The summed E-state index contributed by atoms with van der Waals surface area (Å²) in [6, 6.07) is 5.83. The van der Waals surface area contributed by atoms with Gasteiger partial charge in [-0.25, -0.2) is 0 Å². The van der Waals surface area contributed by atoms with Gasteiger partial charge in [-0.05, 0) is 69.6 Å². The summed E-state index contributed by atoms with van der Waals surface area (Å²) in [5.41, 5.74) is 0.841. The van der Waals surface area contributed by atoms with E-state index in [1.165, 1.54) is 0 Å². The highest BCUT2D eigenvalue weighted by Gasteiger charge is 2.21. The lowest BCUT2D eigenvalue weighted by Gasteiger charge is -2.21. The zero-order chi connectivity index (χ0) is 12.3. The Bertz CT molecular complexity index is 419. The first kappa shape index (κ1) is 13.3. The van der Waals surface area contributed by atoms with Crippen molar-refractivity contribution in [3.63, 3.8) is 0 Å². The number of carbonyl (C=O) groups is 1. The van der Waals surface area contributed by atoms with Gasteiger partial charge in [0.05, 0.1) is 0 Å². The van der Waals surface area contributed by atoms with E-state index in [9.17, 15) is 4.79 Å². The van der Waals surface area contributed by atoms with Crippen molar-refractivity contribution in [2.75, 3.05) is 18.5 Å². The van der Waals surface area contributed by atoms with Crippen molar-refractivity contribution in [2.24, 2.45) is 5.92 Å². The predicted molar refractivity (Wildman–Crippen MR) is 79.0 cm³/mol. The number of nitrogens with one attached hydrogen (secondary N) is 1. The summed E-state index contributed by atoms with van der Waals surface area (Å²) < 4.78 is 7.38. The maximum atomic E-state index is 12.0. The Kier molecular flexibility index (Phi) is 4.81. The summed E-state index contributed by atoms with van der Waals surface area (Å²) in [5, 5.41) is 2.95. The summed E-state index contributed by atoms with van der Waals surface area (Å²) in [5.74, 6) is 0.184. The van der Waals surface area contributed by atoms with E-state index in [0.717, 1.165) is 26.6 Å². The van der Waals surface area contributed by atoms with Crippen LogP contribution in [0.5, 0.6) is 0 Å². The highest BCUT2D eigenvalue weighted by atomic mass is 127. The molecule has 1 aliphatic rings. The third-order valence-corrected chi connectivity index (χ3v) is 5.12. The van der Waals surface area contributed by atoms with Gasteiger partial charge in [0.25, 0.3) is 0 Å². The van der Waals surface area contributed by atoms with Gasteiger partial charge in [0, 0.05) is 32.9 Å². The number of hydrogen-bond donors (Lipinski definition) is 1. The van der Waals surface area contributed by atoms with Gasteiger partial charge in [-0.1, -0.05) is 0 Å². The zero-order valence-electron chi connectivity index (χ0n) is 9.21. The van der Waals surface area contributed by atoms with Crippen molar-refractivity contribution in [3.8, 4) is 0 Å². The minimum atomic E-state index is 0.0850. The second-order valence-electron chi connectivity index (χ2n) is 4.00. The molecule has 0 unspecified atom stereocenters. The predicted octanol–water partition coefficient (Wildman–Crippen LogP) is 3.42. The Morgan fingerprint density at radius 2 is 2.12 bits per heavy atom. The van der Waals surface area contributed by atoms with Crippen LogP contribution in [0.25, 0.3) is 0 Å². The maximum absolute atomic E-state index is 12.0. The number of benzene rings is 1. The van der Waals surface area contributed by atoms with Crippen LogP contribution in [0, 0.1) is 9.49 Å². The Morgan fingerprint density at radius 3 is 2.76 bits per heavy atom. The van der Waals surface area contributed by atoms with Crippen molar-refractivity contribution in [3.05, 3.63) is 26.2 Å². The van der Waals surface area contributed by atoms with Crippen molar-refractivity contribution >= 4 is 50.1 Å². The van der Waals surface area contributed by atoms with E-state index in [2.05, 4.69) is 43.8 Å². The van der Waals surface area contributed by atoms with Gasteiger partial charge < -0.3 is 10.1 Å². The van der Waals surface area contributed by atoms with E-state index >= 15 is 0 Å². The number of halogens is 2. The second kappa shape index (κ2) is 6.15. The normalized spacial score (nSPS) is 16.8. The molecule has 0 aliphatic carbocycles. The molecule has 1 N–H and O–H groups in total. The molecule has 3 nitrogen and oxygen atoms in total. The van der Waals surface area contributed by atoms with Crippen LogP contribution in [0.3, 0.4) is 0 Å². The van der Waals surface area contributed by atoms with Crippen LogP contribution in [-0.4, -0.2) is 19.1 Å². The quantitative estimate of drug-likeness (QED) is 0.760. The van der Waals surface area contributed by atoms with E-state index in [1.54, 1.807) is 0 Å². The molecule has 92 valence electrons. The maximum Gasteiger partial charge on any atom is 0.227 e. The highest BCUT2D eigenvalue weighted by Crippen LogP contribution is 2.24. The van der Waals surface area contributed by atoms with E-state index < -0.39 is 0 Å². The number of carbonyl (C=O) groups excluding carboxylic acids is 1. The molecule has 1 aromatic carbocycles. The molecule has 0 atom stereocenters. The third-order valence-electron chi connectivity index (χ3n) is 2.78. The molecule has 17 heavy (non-hydrogen) atoms. The van der Waals surface area contributed by atoms with E-state index in [1.807, 2.05) is 18.2 Å². The number of ether oxygens (including phenoxy) is 1. The SMILES string of the molecule is O=C(Nc1ccc(I)c(Br)c1)C1CCOCC1. The molecule has 0 spiro atoms. The summed E-state index contributed by atoms with van der Waals surface area (Å²) in [4.78, 5) is 12.0. The topological polar surface area (TPSA) is 38.3 Å². The van der Waals surface area contributed by atoms with Crippen molar-refractivity contribution in [1.82, 2.24) is 0 Å². The van der Waals surface area contributed by atoms with Crippen molar-refractivity contribution in [2.45, 2.75) is 12.8 Å². The zero-order valence-corrected chi connectivity index (χ0v) is 13.0. The lowest BCUT2D eigenvalue weighted by molar-refractivity contribution is -0.122. The first-order valence-corrected chi connectivity index (χ1v) is 7.37. The minimum Gasteiger partial charge on any atom is -0.381 e. The van der Waals surface area contributed by atoms with Gasteiger partial charge >= 0.3 is 0 Å². The van der Waals surface area contributed by atoms with Gasteiger partial charge in [0.15, 0.2) is 0 Å². The summed E-state index contributed by atoms with van der Waals surface area (Å²) in [6.07, 6.45) is 1.63. The molecule has 0 bridgehead atoms. The van der Waals surface area contributed by atoms with Crippen LogP contribution >= 0.6 is 38.5 Å². The molecule has 1 amide bonds. The number of hydrogen-bond acceptors (Lipinski definition) is 2.